The standard InChI is InChI=1S/C17H17F6N3O2S2/c1-9-6-10(2)14(11(3)7-9)30(27,28)26-13(17(21,22)23)8-29-15-24-5-4-12(25-15)16(18,19)20/h4-7,13,26H,8H2,1-3H3. The lowest BCUT2D eigenvalue weighted by atomic mass is 10.1. The molecular formula is C17H17F6N3O2S2. The summed E-state index contributed by atoms with van der Waals surface area (Å²) in [7, 11) is -4.56. The molecule has 1 unspecified atom stereocenters. The number of thioether (sulfide) groups is 1. The molecule has 30 heavy (non-hydrogen) atoms. The number of halogens is 6. The lowest BCUT2D eigenvalue weighted by Crippen LogP contribution is -2.47. The Balaban J connectivity index is 2.28. The number of nitrogens with zero attached hydrogens (tertiary/aromatic N) is 2. The fourth-order valence-electron chi connectivity index (χ4n) is 2.76. The van der Waals surface area contributed by atoms with E-state index >= 15 is 0 Å². The molecular weight excluding hydrogens is 456 g/mol. The van der Waals surface area contributed by atoms with Crippen molar-refractivity contribution in [1.82, 2.24) is 14.7 Å². The Morgan fingerprint density at radius 1 is 1.07 bits per heavy atom. The summed E-state index contributed by atoms with van der Waals surface area (Å²) >= 11 is 0.263. The van der Waals surface area contributed by atoms with Crippen LogP contribution in [-0.2, 0) is 16.2 Å². The number of alkyl halides is 6. The Labute approximate surface area is 173 Å². The van der Waals surface area contributed by atoms with E-state index in [4.69, 9.17) is 0 Å². The van der Waals surface area contributed by atoms with Crippen LogP contribution in [0.3, 0.4) is 0 Å². The first kappa shape index (κ1) is 24.4. The fraction of sp³-hybridized carbons (Fsp3) is 0.412. The lowest BCUT2D eigenvalue weighted by Gasteiger charge is -2.22. The molecule has 0 spiro atoms. The quantitative estimate of drug-likeness (QED) is 0.382. The maximum atomic E-state index is 13.4. The van der Waals surface area contributed by atoms with Crippen molar-refractivity contribution in [3.8, 4) is 0 Å². The molecule has 0 aliphatic heterocycles. The second-order valence-corrected chi connectivity index (χ2v) is 9.11. The molecule has 1 N–H and O–H groups in total. The van der Waals surface area contributed by atoms with Gasteiger partial charge in [0.15, 0.2) is 5.16 Å². The van der Waals surface area contributed by atoms with Crippen molar-refractivity contribution in [2.45, 2.75) is 49.2 Å². The van der Waals surface area contributed by atoms with E-state index in [1.807, 2.05) is 0 Å². The third-order valence-corrected chi connectivity index (χ3v) is 6.60. The zero-order valence-corrected chi connectivity index (χ0v) is 17.5. The third kappa shape index (κ3) is 6.08. The van der Waals surface area contributed by atoms with Crippen LogP contribution in [0.25, 0.3) is 0 Å². The zero-order chi connectivity index (χ0) is 22.9. The van der Waals surface area contributed by atoms with E-state index in [0.717, 1.165) is 11.8 Å². The third-order valence-electron chi connectivity index (χ3n) is 3.87. The highest BCUT2D eigenvalue weighted by molar-refractivity contribution is 7.99. The van der Waals surface area contributed by atoms with Crippen molar-refractivity contribution >= 4 is 21.8 Å². The highest BCUT2D eigenvalue weighted by atomic mass is 32.2. The monoisotopic (exact) mass is 473 g/mol. The van der Waals surface area contributed by atoms with Gasteiger partial charge in [-0.15, -0.1) is 0 Å². The van der Waals surface area contributed by atoms with E-state index in [9.17, 15) is 34.8 Å². The first-order chi connectivity index (χ1) is 13.6. The minimum atomic E-state index is -4.99. The van der Waals surface area contributed by atoms with Crippen molar-refractivity contribution in [3.05, 3.63) is 46.8 Å². The number of rotatable bonds is 6. The molecule has 1 heterocycles. The largest absolute Gasteiger partial charge is 0.433 e. The first-order valence-corrected chi connectivity index (χ1v) is 10.8. The summed E-state index contributed by atoms with van der Waals surface area (Å²) < 4.78 is 105. The summed E-state index contributed by atoms with van der Waals surface area (Å²) in [5.74, 6) is -0.950. The van der Waals surface area contributed by atoms with Gasteiger partial charge in [-0.3, -0.25) is 0 Å². The molecule has 0 radical (unpaired) electrons. The summed E-state index contributed by atoms with van der Waals surface area (Å²) in [4.78, 5) is 6.40. The van der Waals surface area contributed by atoms with E-state index in [1.54, 1.807) is 11.6 Å². The second kappa shape index (κ2) is 8.71. The minimum Gasteiger partial charge on any atom is -0.231 e. The van der Waals surface area contributed by atoms with Gasteiger partial charge in [0.1, 0.15) is 11.7 Å². The van der Waals surface area contributed by atoms with Gasteiger partial charge in [-0.2, -0.15) is 31.1 Å². The molecule has 2 rings (SSSR count). The van der Waals surface area contributed by atoms with Crippen molar-refractivity contribution in [3.63, 3.8) is 0 Å². The first-order valence-electron chi connectivity index (χ1n) is 8.31. The van der Waals surface area contributed by atoms with E-state index in [2.05, 4.69) is 9.97 Å². The number of aryl methyl sites for hydroxylation is 3. The molecule has 0 aliphatic carbocycles. The van der Waals surface area contributed by atoms with Gasteiger partial charge in [0, 0.05) is 11.9 Å². The minimum absolute atomic E-state index is 0.263. The van der Waals surface area contributed by atoms with Crippen LogP contribution in [0, 0.1) is 20.8 Å². The summed E-state index contributed by atoms with van der Waals surface area (Å²) in [6.45, 7) is 4.64. The maximum absolute atomic E-state index is 13.4. The summed E-state index contributed by atoms with van der Waals surface area (Å²) in [6, 6.07) is 1.06. The van der Waals surface area contributed by atoms with E-state index in [0.29, 0.717) is 6.07 Å². The Morgan fingerprint density at radius 2 is 1.63 bits per heavy atom. The van der Waals surface area contributed by atoms with E-state index in [-0.39, 0.29) is 27.8 Å². The number of benzene rings is 1. The number of aromatic nitrogens is 2. The topological polar surface area (TPSA) is 72.0 Å². The predicted octanol–water partition coefficient (Wildman–Crippen LogP) is 4.42. The summed E-state index contributed by atoms with van der Waals surface area (Å²) in [5.41, 5.74) is -0.0202. The van der Waals surface area contributed by atoms with Crippen molar-refractivity contribution in [2.24, 2.45) is 0 Å². The maximum Gasteiger partial charge on any atom is 0.433 e. The molecule has 1 aromatic carbocycles. The van der Waals surface area contributed by atoms with Gasteiger partial charge in [0.25, 0.3) is 0 Å². The summed E-state index contributed by atoms with van der Waals surface area (Å²) in [6.07, 6.45) is -9.01. The van der Waals surface area contributed by atoms with Crippen LogP contribution in [-0.4, -0.2) is 36.4 Å². The van der Waals surface area contributed by atoms with Gasteiger partial charge in [-0.1, -0.05) is 29.5 Å². The molecule has 0 amide bonds. The molecule has 0 saturated heterocycles. The van der Waals surface area contributed by atoms with Crippen LogP contribution >= 0.6 is 11.8 Å². The normalized spacial score (nSPS) is 14.0. The van der Waals surface area contributed by atoms with Crippen molar-refractivity contribution in [1.29, 1.82) is 0 Å². The van der Waals surface area contributed by atoms with Gasteiger partial charge < -0.3 is 0 Å². The van der Waals surface area contributed by atoms with Crippen LogP contribution in [0.2, 0.25) is 0 Å². The molecule has 0 bridgehead atoms. The highest BCUT2D eigenvalue weighted by Crippen LogP contribution is 2.31. The molecule has 2 aromatic rings. The molecule has 1 atom stereocenters. The summed E-state index contributed by atoms with van der Waals surface area (Å²) in [5, 5.41) is -0.555. The Kier molecular flexibility index (Phi) is 7.09. The number of sulfonamides is 1. The Morgan fingerprint density at radius 3 is 2.13 bits per heavy atom. The van der Waals surface area contributed by atoms with Gasteiger partial charge in [-0.25, -0.2) is 18.4 Å². The van der Waals surface area contributed by atoms with Gasteiger partial charge in [0.05, 0.1) is 4.90 Å². The zero-order valence-electron chi connectivity index (χ0n) is 15.9. The molecule has 0 fully saturated rings. The van der Waals surface area contributed by atoms with Crippen LogP contribution in [0.4, 0.5) is 26.3 Å². The number of nitrogens with one attached hydrogen (secondary N) is 1. The van der Waals surface area contributed by atoms with Crippen LogP contribution in [0.15, 0.2) is 34.4 Å². The molecule has 5 nitrogen and oxygen atoms in total. The van der Waals surface area contributed by atoms with Gasteiger partial charge in [0.2, 0.25) is 10.0 Å². The molecule has 13 heteroatoms. The van der Waals surface area contributed by atoms with Crippen LogP contribution in [0.5, 0.6) is 0 Å². The number of hydrogen-bond acceptors (Lipinski definition) is 5. The van der Waals surface area contributed by atoms with Crippen LogP contribution in [0.1, 0.15) is 22.4 Å². The SMILES string of the molecule is Cc1cc(C)c(S(=O)(=O)NC(CSc2nccc(C(F)(F)F)n2)C(F)(F)F)c(C)c1. The lowest BCUT2D eigenvalue weighted by molar-refractivity contribution is -0.146. The molecule has 1 aromatic heterocycles. The van der Waals surface area contributed by atoms with Gasteiger partial charge in [-0.05, 0) is 38.0 Å². The smallest absolute Gasteiger partial charge is 0.231 e. The van der Waals surface area contributed by atoms with Crippen molar-refractivity contribution < 1.29 is 34.8 Å². The van der Waals surface area contributed by atoms with Gasteiger partial charge >= 0.3 is 12.4 Å². The average Bonchev–Trinajstić information content (AvgIpc) is 2.55. The van der Waals surface area contributed by atoms with E-state index in [1.165, 1.54) is 26.0 Å². The molecule has 0 saturated carbocycles. The highest BCUT2D eigenvalue weighted by Gasteiger charge is 2.43. The van der Waals surface area contributed by atoms with Crippen LogP contribution < -0.4 is 4.72 Å². The fourth-order valence-corrected chi connectivity index (χ4v) is 5.43. The predicted molar refractivity (Wildman–Crippen MR) is 98.6 cm³/mol. The van der Waals surface area contributed by atoms with Crippen molar-refractivity contribution in [2.75, 3.05) is 5.75 Å². The average molecular weight is 473 g/mol. The Hall–Kier alpha value is -1.86. The van der Waals surface area contributed by atoms with E-state index < -0.39 is 45.0 Å². The molecule has 0 aliphatic rings. The second-order valence-electron chi connectivity index (χ2n) is 6.48. The Bertz CT molecular complexity index is 1000. The molecule has 166 valence electrons. The number of hydrogen-bond donors (Lipinski definition) is 1.